The van der Waals surface area contributed by atoms with Crippen LogP contribution in [0.1, 0.15) is 35.4 Å². The molecule has 3 rings (SSSR count). The number of hydrogen-bond donors (Lipinski definition) is 3. The second-order valence-corrected chi connectivity index (χ2v) is 8.16. The van der Waals surface area contributed by atoms with E-state index in [1.165, 1.54) is 0 Å². The predicted octanol–water partition coefficient (Wildman–Crippen LogP) is 4.59. The molecule has 0 aliphatic carbocycles. The maximum absolute atomic E-state index is 8.77. The van der Waals surface area contributed by atoms with E-state index in [2.05, 4.69) is 19.2 Å². The highest BCUT2D eigenvalue weighted by atomic mass is 35.5. The van der Waals surface area contributed by atoms with E-state index >= 15 is 0 Å². The number of benzene rings is 1. The van der Waals surface area contributed by atoms with Crippen molar-refractivity contribution in [1.82, 2.24) is 5.32 Å². The molecule has 2 heterocycles. The number of nitrogens with one attached hydrogen (secondary N) is 3. The number of aryl methyl sites for hydroxylation is 1. The minimum Gasteiger partial charge on any atom is -0.290 e. The van der Waals surface area contributed by atoms with Crippen LogP contribution in [0.5, 0.6) is 0 Å². The van der Waals surface area contributed by atoms with Crippen LogP contribution in [0, 0.1) is 24.7 Å². The van der Waals surface area contributed by atoms with E-state index in [1.807, 2.05) is 31.2 Å². The lowest BCUT2D eigenvalue weighted by molar-refractivity contribution is 0.533. The van der Waals surface area contributed by atoms with Crippen LogP contribution in [-0.4, -0.2) is 30.1 Å². The molecule has 0 amide bonds. The number of amidine groups is 2. The number of anilines is 1. The van der Waals surface area contributed by atoms with E-state index in [9.17, 15) is 0 Å². The number of halogens is 1. The Kier molecular flexibility index (Phi) is 4.77. The Labute approximate surface area is 162 Å². The first-order valence-electron chi connectivity index (χ1n) is 8.29. The second-order valence-electron chi connectivity index (χ2n) is 6.52. The fourth-order valence-electron chi connectivity index (χ4n) is 3.01. The largest absolute Gasteiger partial charge is 0.290 e. The molecule has 1 aromatic heterocycles. The van der Waals surface area contributed by atoms with Crippen molar-refractivity contribution >= 4 is 45.3 Å². The summed E-state index contributed by atoms with van der Waals surface area (Å²) in [7, 11) is 1.78. The van der Waals surface area contributed by atoms with Gasteiger partial charge < -0.3 is 0 Å². The highest BCUT2D eigenvalue weighted by Crippen LogP contribution is 2.41. The van der Waals surface area contributed by atoms with Gasteiger partial charge in [-0.1, -0.05) is 23.7 Å². The molecular formula is C19H22ClN5S. The van der Waals surface area contributed by atoms with Crippen molar-refractivity contribution in [3.8, 4) is 0 Å². The lowest BCUT2D eigenvalue weighted by atomic mass is 9.99. The quantitative estimate of drug-likeness (QED) is 0.520. The molecular weight excluding hydrogens is 366 g/mol. The third-order valence-corrected chi connectivity index (χ3v) is 6.21. The number of thiophene rings is 1. The summed E-state index contributed by atoms with van der Waals surface area (Å²) in [4.78, 5) is 7.80. The molecule has 0 saturated heterocycles. The van der Waals surface area contributed by atoms with Gasteiger partial charge in [0.15, 0.2) is 5.66 Å². The normalized spacial score (nSPS) is 19.8. The third-order valence-electron chi connectivity index (χ3n) is 4.77. The van der Waals surface area contributed by atoms with Crippen molar-refractivity contribution < 1.29 is 0 Å². The summed E-state index contributed by atoms with van der Waals surface area (Å²) >= 11 is 7.66. The molecule has 1 atom stereocenters. The SMILES string of the molecule is CNC1(C)N=C(c2ccc(Cl)cc2)c2c(sc(C)c2C)N(C(C)=N)C1=N. The van der Waals surface area contributed by atoms with Gasteiger partial charge in [0.05, 0.1) is 5.71 Å². The van der Waals surface area contributed by atoms with E-state index in [0.717, 1.165) is 32.3 Å². The van der Waals surface area contributed by atoms with Crippen LogP contribution in [-0.2, 0) is 0 Å². The van der Waals surface area contributed by atoms with Crippen LogP contribution in [0.2, 0.25) is 5.02 Å². The van der Waals surface area contributed by atoms with Gasteiger partial charge in [-0.2, -0.15) is 0 Å². The summed E-state index contributed by atoms with van der Waals surface area (Å²) < 4.78 is 0. The molecule has 1 aliphatic rings. The second kappa shape index (κ2) is 6.61. The summed E-state index contributed by atoms with van der Waals surface area (Å²) in [5, 5.41) is 21.7. The minimum atomic E-state index is -0.948. The van der Waals surface area contributed by atoms with Crippen LogP contribution in [0.15, 0.2) is 29.3 Å². The average molecular weight is 388 g/mol. The van der Waals surface area contributed by atoms with Gasteiger partial charge in [-0.05, 0) is 52.4 Å². The van der Waals surface area contributed by atoms with Crippen molar-refractivity contribution in [2.24, 2.45) is 4.99 Å². The van der Waals surface area contributed by atoms with Gasteiger partial charge in [-0.3, -0.25) is 26.0 Å². The molecule has 0 fully saturated rings. The molecule has 136 valence electrons. The number of likely N-dealkylation sites (N-methyl/N-ethyl adjacent to an activating group) is 1. The first-order valence-corrected chi connectivity index (χ1v) is 9.48. The minimum absolute atomic E-state index is 0.235. The zero-order valence-corrected chi connectivity index (χ0v) is 17.1. The summed E-state index contributed by atoms with van der Waals surface area (Å²) in [6.07, 6.45) is 0. The molecule has 0 radical (unpaired) electrons. The lowest BCUT2D eigenvalue weighted by Gasteiger charge is -2.31. The Morgan fingerprint density at radius 3 is 2.42 bits per heavy atom. The molecule has 7 heteroatoms. The zero-order valence-electron chi connectivity index (χ0n) is 15.5. The summed E-state index contributed by atoms with van der Waals surface area (Å²) in [6, 6.07) is 7.59. The molecule has 3 N–H and O–H groups in total. The maximum Gasteiger partial charge on any atom is 0.166 e. The first-order chi connectivity index (χ1) is 12.2. The Balaban J connectivity index is 2.38. The Hall–Kier alpha value is -2.02. The lowest BCUT2D eigenvalue weighted by Crippen LogP contribution is -2.54. The van der Waals surface area contributed by atoms with Gasteiger partial charge in [-0.15, -0.1) is 11.3 Å². The molecule has 26 heavy (non-hydrogen) atoms. The van der Waals surface area contributed by atoms with Crippen molar-refractivity contribution in [1.29, 1.82) is 10.8 Å². The molecule has 1 unspecified atom stereocenters. The van der Waals surface area contributed by atoms with Gasteiger partial charge >= 0.3 is 0 Å². The molecule has 2 aromatic rings. The molecule has 5 nitrogen and oxygen atoms in total. The number of hydrogen-bond acceptors (Lipinski definition) is 5. The summed E-state index contributed by atoms with van der Waals surface area (Å²) in [5.74, 6) is 0.533. The number of aliphatic imine (C=N–C) groups is 1. The number of nitrogens with zero attached hydrogens (tertiary/aromatic N) is 2. The van der Waals surface area contributed by atoms with E-state index < -0.39 is 5.66 Å². The van der Waals surface area contributed by atoms with E-state index in [1.54, 1.807) is 30.2 Å². The van der Waals surface area contributed by atoms with Gasteiger partial charge in [0, 0.05) is 21.0 Å². The fourth-order valence-corrected chi connectivity index (χ4v) is 4.35. The van der Waals surface area contributed by atoms with Crippen LogP contribution >= 0.6 is 22.9 Å². The number of rotatable bonds is 2. The molecule has 0 spiro atoms. The zero-order chi connectivity index (χ0) is 19.2. The monoisotopic (exact) mass is 387 g/mol. The topological polar surface area (TPSA) is 75.3 Å². The summed E-state index contributed by atoms with van der Waals surface area (Å²) in [6.45, 7) is 7.69. The molecule has 0 saturated carbocycles. The van der Waals surface area contributed by atoms with Crippen LogP contribution in [0.4, 0.5) is 5.00 Å². The van der Waals surface area contributed by atoms with Crippen LogP contribution < -0.4 is 10.2 Å². The molecule has 1 aromatic carbocycles. The van der Waals surface area contributed by atoms with E-state index in [-0.39, 0.29) is 5.84 Å². The Bertz CT molecular complexity index is 928. The Morgan fingerprint density at radius 2 is 1.88 bits per heavy atom. The highest BCUT2D eigenvalue weighted by Gasteiger charge is 2.40. The predicted molar refractivity (Wildman–Crippen MR) is 112 cm³/mol. The average Bonchev–Trinajstić information content (AvgIpc) is 2.82. The van der Waals surface area contributed by atoms with Gasteiger partial charge in [-0.25, -0.2) is 0 Å². The third kappa shape index (κ3) is 2.88. The standard InChI is InChI=1S/C19H22ClN5S/c1-10-11(2)26-17-15(10)16(13-6-8-14(20)9-7-13)24-19(4,23-5)18(22)25(17)12(3)21/h6-9,21-23H,1-5H3. The van der Waals surface area contributed by atoms with E-state index in [0.29, 0.717) is 10.9 Å². The van der Waals surface area contributed by atoms with Crippen molar-refractivity contribution in [2.45, 2.75) is 33.4 Å². The summed E-state index contributed by atoms with van der Waals surface area (Å²) in [5.41, 5.74) is 2.90. The number of fused-ring (bicyclic) bond motifs is 1. The van der Waals surface area contributed by atoms with Gasteiger partial charge in [0.2, 0.25) is 0 Å². The van der Waals surface area contributed by atoms with Crippen molar-refractivity contribution in [3.63, 3.8) is 0 Å². The van der Waals surface area contributed by atoms with Crippen LogP contribution in [0.25, 0.3) is 0 Å². The fraction of sp³-hybridized carbons (Fsp3) is 0.316. The molecule has 0 bridgehead atoms. The maximum atomic E-state index is 8.77. The first kappa shape index (κ1) is 18.8. The van der Waals surface area contributed by atoms with Crippen molar-refractivity contribution in [3.05, 3.63) is 50.9 Å². The van der Waals surface area contributed by atoms with Crippen molar-refractivity contribution in [2.75, 3.05) is 11.9 Å². The van der Waals surface area contributed by atoms with E-state index in [4.69, 9.17) is 27.4 Å². The highest BCUT2D eigenvalue weighted by molar-refractivity contribution is 7.17. The smallest absolute Gasteiger partial charge is 0.166 e. The Morgan fingerprint density at radius 1 is 1.27 bits per heavy atom. The van der Waals surface area contributed by atoms with Gasteiger partial charge in [0.1, 0.15) is 16.7 Å². The van der Waals surface area contributed by atoms with Gasteiger partial charge in [0.25, 0.3) is 0 Å². The molecule has 1 aliphatic heterocycles. The van der Waals surface area contributed by atoms with Crippen LogP contribution in [0.3, 0.4) is 0 Å².